The number of nitrogens with zero attached hydrogens (tertiary/aromatic N) is 3. The molecule has 172 valence electrons. The molecule has 1 fully saturated rings. The van der Waals surface area contributed by atoms with Gasteiger partial charge in [-0.2, -0.15) is 0 Å². The molecule has 0 unspecified atom stereocenters. The molecule has 0 aliphatic carbocycles. The van der Waals surface area contributed by atoms with Crippen molar-refractivity contribution < 1.29 is 9.53 Å². The van der Waals surface area contributed by atoms with E-state index in [1.165, 1.54) is 5.56 Å². The van der Waals surface area contributed by atoms with Gasteiger partial charge in [0.25, 0.3) is 0 Å². The SMILES string of the molecule is CN=C(NCCCC(=O)N1CCc2ccccc21)N1CCC(Oc2ccccc2)CC1.I. The van der Waals surface area contributed by atoms with Crippen LogP contribution in [0.3, 0.4) is 0 Å². The monoisotopic (exact) mass is 548 g/mol. The molecule has 2 heterocycles. The second kappa shape index (κ2) is 12.1. The molecule has 0 radical (unpaired) electrons. The van der Waals surface area contributed by atoms with Crippen LogP contribution in [0.15, 0.2) is 59.6 Å². The number of likely N-dealkylation sites (tertiary alicyclic amines) is 1. The van der Waals surface area contributed by atoms with Crippen LogP contribution in [0.1, 0.15) is 31.2 Å². The summed E-state index contributed by atoms with van der Waals surface area (Å²) in [5, 5.41) is 3.43. The zero-order valence-electron chi connectivity index (χ0n) is 18.7. The summed E-state index contributed by atoms with van der Waals surface area (Å²) in [5.74, 6) is 2.06. The van der Waals surface area contributed by atoms with E-state index in [9.17, 15) is 4.79 Å². The third-order valence-electron chi connectivity index (χ3n) is 6.04. The van der Waals surface area contributed by atoms with Gasteiger partial charge < -0.3 is 19.9 Å². The number of fused-ring (bicyclic) bond motifs is 1. The molecular weight excluding hydrogens is 515 g/mol. The lowest BCUT2D eigenvalue weighted by Crippen LogP contribution is -2.47. The highest BCUT2D eigenvalue weighted by Crippen LogP contribution is 2.28. The van der Waals surface area contributed by atoms with E-state index in [0.717, 1.165) is 69.3 Å². The van der Waals surface area contributed by atoms with E-state index in [4.69, 9.17) is 4.74 Å². The molecule has 0 spiro atoms. The van der Waals surface area contributed by atoms with Crippen LogP contribution in [0.4, 0.5) is 5.69 Å². The van der Waals surface area contributed by atoms with E-state index in [1.807, 2.05) is 60.5 Å². The summed E-state index contributed by atoms with van der Waals surface area (Å²) in [4.78, 5) is 21.3. The second-order valence-corrected chi connectivity index (χ2v) is 8.12. The van der Waals surface area contributed by atoms with Crippen molar-refractivity contribution in [3.05, 3.63) is 60.2 Å². The molecule has 0 bridgehead atoms. The number of rotatable bonds is 6. The quantitative estimate of drug-likeness (QED) is 0.256. The van der Waals surface area contributed by atoms with Crippen LogP contribution in [-0.4, -0.2) is 56.1 Å². The van der Waals surface area contributed by atoms with Crippen LogP contribution in [0.25, 0.3) is 0 Å². The molecule has 2 aliphatic heterocycles. The summed E-state index contributed by atoms with van der Waals surface area (Å²) in [6.07, 6.45) is 4.49. The Labute approximate surface area is 208 Å². The number of halogens is 1. The van der Waals surface area contributed by atoms with Gasteiger partial charge in [0.05, 0.1) is 0 Å². The van der Waals surface area contributed by atoms with E-state index in [-0.39, 0.29) is 36.0 Å². The maximum Gasteiger partial charge on any atom is 0.227 e. The van der Waals surface area contributed by atoms with Crippen molar-refractivity contribution in [3.63, 3.8) is 0 Å². The van der Waals surface area contributed by atoms with E-state index in [2.05, 4.69) is 21.3 Å². The number of guanidine groups is 1. The molecule has 1 amide bonds. The summed E-state index contributed by atoms with van der Waals surface area (Å²) in [7, 11) is 1.82. The number of hydrogen-bond donors (Lipinski definition) is 1. The number of aliphatic imine (C=N–C) groups is 1. The Morgan fingerprint density at radius 1 is 1.06 bits per heavy atom. The van der Waals surface area contributed by atoms with E-state index >= 15 is 0 Å². The molecule has 4 rings (SSSR count). The Balaban J connectivity index is 0.00000289. The van der Waals surface area contributed by atoms with Gasteiger partial charge in [0, 0.05) is 58.2 Å². The van der Waals surface area contributed by atoms with Crippen molar-refractivity contribution >= 4 is 41.5 Å². The van der Waals surface area contributed by atoms with Crippen LogP contribution >= 0.6 is 24.0 Å². The molecule has 32 heavy (non-hydrogen) atoms. The third kappa shape index (κ3) is 6.15. The van der Waals surface area contributed by atoms with Crippen molar-refractivity contribution in [2.45, 2.75) is 38.2 Å². The predicted molar refractivity (Wildman–Crippen MR) is 140 cm³/mol. The largest absolute Gasteiger partial charge is 0.490 e. The van der Waals surface area contributed by atoms with Crippen LogP contribution in [0, 0.1) is 0 Å². The van der Waals surface area contributed by atoms with Gasteiger partial charge in [-0.25, -0.2) is 0 Å². The van der Waals surface area contributed by atoms with E-state index < -0.39 is 0 Å². The smallest absolute Gasteiger partial charge is 0.227 e. The molecule has 2 aromatic carbocycles. The van der Waals surface area contributed by atoms with Crippen molar-refractivity contribution in [1.29, 1.82) is 0 Å². The highest BCUT2D eigenvalue weighted by atomic mass is 127. The lowest BCUT2D eigenvalue weighted by Gasteiger charge is -2.34. The molecule has 0 saturated carbocycles. The molecular formula is C25H33IN4O2. The average molecular weight is 548 g/mol. The first-order valence-corrected chi connectivity index (χ1v) is 11.3. The molecule has 0 atom stereocenters. The van der Waals surface area contributed by atoms with E-state index in [1.54, 1.807) is 0 Å². The number of carbonyl (C=O) groups is 1. The lowest BCUT2D eigenvalue weighted by atomic mass is 10.1. The van der Waals surface area contributed by atoms with Gasteiger partial charge in [-0.15, -0.1) is 24.0 Å². The lowest BCUT2D eigenvalue weighted by molar-refractivity contribution is -0.118. The molecule has 1 saturated heterocycles. The fraction of sp³-hybridized carbons (Fsp3) is 0.440. The summed E-state index contributed by atoms with van der Waals surface area (Å²) >= 11 is 0. The molecule has 6 nitrogen and oxygen atoms in total. The maximum absolute atomic E-state index is 12.7. The Hall–Kier alpha value is -2.29. The first-order chi connectivity index (χ1) is 15.2. The highest BCUT2D eigenvalue weighted by molar-refractivity contribution is 14.0. The molecule has 7 heteroatoms. The first kappa shape index (κ1) is 24.4. The zero-order valence-corrected chi connectivity index (χ0v) is 21.0. The summed E-state index contributed by atoms with van der Waals surface area (Å²) in [6.45, 7) is 3.38. The van der Waals surface area contributed by atoms with Gasteiger partial charge in [-0.3, -0.25) is 9.79 Å². The minimum atomic E-state index is 0. The Morgan fingerprint density at radius 2 is 1.78 bits per heavy atom. The number of anilines is 1. The predicted octanol–water partition coefficient (Wildman–Crippen LogP) is 4.09. The van der Waals surface area contributed by atoms with Crippen molar-refractivity contribution in [2.75, 3.05) is 38.1 Å². The highest BCUT2D eigenvalue weighted by Gasteiger charge is 2.24. The second-order valence-electron chi connectivity index (χ2n) is 8.12. The number of carbonyl (C=O) groups excluding carboxylic acids is 1. The maximum atomic E-state index is 12.7. The van der Waals surface area contributed by atoms with Crippen LogP contribution in [-0.2, 0) is 11.2 Å². The standard InChI is InChI=1S/C25H32N4O2.HI/c1-26-25(28-17-14-22(15-18-28)31-21-9-3-2-4-10-21)27-16-7-12-24(30)29-19-13-20-8-5-6-11-23(20)29;/h2-6,8-11,22H,7,12-19H2,1H3,(H,26,27);1H. The molecule has 2 aromatic rings. The molecule has 0 aromatic heterocycles. The van der Waals surface area contributed by atoms with Gasteiger partial charge in [0.1, 0.15) is 11.9 Å². The van der Waals surface area contributed by atoms with Gasteiger partial charge in [-0.1, -0.05) is 36.4 Å². The van der Waals surface area contributed by atoms with Gasteiger partial charge in [0.15, 0.2) is 5.96 Å². The third-order valence-corrected chi connectivity index (χ3v) is 6.04. The summed E-state index contributed by atoms with van der Waals surface area (Å²) in [6, 6.07) is 18.2. The Morgan fingerprint density at radius 3 is 2.53 bits per heavy atom. The number of benzene rings is 2. The van der Waals surface area contributed by atoms with Crippen LogP contribution in [0.2, 0.25) is 0 Å². The average Bonchev–Trinajstić information content (AvgIpc) is 3.25. The summed E-state index contributed by atoms with van der Waals surface area (Å²) < 4.78 is 6.09. The topological polar surface area (TPSA) is 57.2 Å². The van der Waals surface area contributed by atoms with E-state index in [0.29, 0.717) is 6.42 Å². The fourth-order valence-electron chi connectivity index (χ4n) is 4.38. The van der Waals surface area contributed by atoms with Gasteiger partial charge in [0.2, 0.25) is 5.91 Å². The minimum absolute atomic E-state index is 0. The van der Waals surface area contributed by atoms with Crippen molar-refractivity contribution in [2.24, 2.45) is 4.99 Å². The number of para-hydroxylation sites is 2. The van der Waals surface area contributed by atoms with Crippen molar-refractivity contribution in [3.8, 4) is 5.75 Å². The number of ether oxygens (including phenoxy) is 1. The fourth-order valence-corrected chi connectivity index (χ4v) is 4.38. The van der Waals surface area contributed by atoms with Crippen LogP contribution in [0.5, 0.6) is 5.75 Å². The zero-order chi connectivity index (χ0) is 21.5. The normalized spacial score (nSPS) is 16.3. The Bertz CT molecular complexity index is 898. The number of hydrogen-bond acceptors (Lipinski definition) is 3. The van der Waals surface area contributed by atoms with Crippen molar-refractivity contribution in [1.82, 2.24) is 10.2 Å². The molecule has 2 aliphatic rings. The number of piperidine rings is 1. The molecule has 1 N–H and O–H groups in total. The Kier molecular flexibility index (Phi) is 9.20. The first-order valence-electron chi connectivity index (χ1n) is 11.3. The van der Waals surface area contributed by atoms with Gasteiger partial charge >= 0.3 is 0 Å². The number of amides is 1. The van der Waals surface area contributed by atoms with Gasteiger partial charge in [-0.05, 0) is 36.6 Å². The summed E-state index contributed by atoms with van der Waals surface area (Å²) in [5.41, 5.74) is 2.35. The minimum Gasteiger partial charge on any atom is -0.490 e. The van der Waals surface area contributed by atoms with Crippen LogP contribution < -0.4 is 15.0 Å². The number of nitrogens with one attached hydrogen (secondary N) is 1.